The number of ether oxygens (including phenoxy) is 1. The molecule has 0 aromatic heterocycles. The smallest absolute Gasteiger partial charge is 0.314 e. The molecule has 18 heavy (non-hydrogen) atoms. The van der Waals surface area contributed by atoms with E-state index in [0.717, 1.165) is 19.3 Å². The van der Waals surface area contributed by atoms with Gasteiger partial charge in [-0.15, -0.1) is 0 Å². The maximum atomic E-state index is 12.5. The summed E-state index contributed by atoms with van der Waals surface area (Å²) in [5.74, 6) is 1.07. The van der Waals surface area contributed by atoms with Gasteiger partial charge in [-0.25, -0.2) is 0 Å². The van der Waals surface area contributed by atoms with Crippen LogP contribution in [0.2, 0.25) is 0 Å². The Bertz CT molecular complexity index is 388. The normalized spacial score (nSPS) is 50.3. The number of cyclic esters (lactones) is 1. The lowest BCUT2D eigenvalue weighted by atomic mass is 9.59. The fraction of sp³-hybridized carbons (Fsp3) is 0.933. The molecule has 0 radical (unpaired) electrons. The Morgan fingerprint density at radius 3 is 2.61 bits per heavy atom. The number of nitrogens with two attached hydrogens (primary N) is 1. The van der Waals surface area contributed by atoms with Crippen molar-refractivity contribution in [2.75, 3.05) is 6.61 Å². The van der Waals surface area contributed by atoms with E-state index < -0.39 is 5.41 Å². The van der Waals surface area contributed by atoms with E-state index in [1.807, 2.05) is 0 Å². The fourth-order valence-corrected chi connectivity index (χ4v) is 5.14. The number of hydrogen-bond acceptors (Lipinski definition) is 3. The summed E-state index contributed by atoms with van der Waals surface area (Å²) < 4.78 is 5.41. The third kappa shape index (κ3) is 1.49. The minimum atomic E-state index is -0.399. The van der Waals surface area contributed by atoms with Gasteiger partial charge in [-0.2, -0.15) is 0 Å². The Hall–Kier alpha value is -0.570. The Labute approximate surface area is 109 Å². The molecule has 0 aromatic carbocycles. The van der Waals surface area contributed by atoms with Gasteiger partial charge in [0, 0.05) is 12.0 Å². The lowest BCUT2D eigenvalue weighted by Gasteiger charge is -2.49. The molecule has 102 valence electrons. The Balaban J connectivity index is 2.02. The van der Waals surface area contributed by atoms with Gasteiger partial charge < -0.3 is 10.5 Å². The predicted molar refractivity (Wildman–Crippen MR) is 69.8 cm³/mol. The van der Waals surface area contributed by atoms with Crippen LogP contribution in [0.25, 0.3) is 0 Å². The molecule has 3 heteroatoms. The second-order valence-corrected chi connectivity index (χ2v) is 7.85. The molecule has 4 atom stereocenters. The fourth-order valence-electron chi connectivity index (χ4n) is 5.14. The maximum absolute atomic E-state index is 12.5. The molecular weight excluding hydrogens is 226 g/mol. The van der Waals surface area contributed by atoms with Crippen molar-refractivity contribution in [3.05, 3.63) is 0 Å². The number of rotatable bonds is 0. The van der Waals surface area contributed by atoms with Gasteiger partial charge in [-0.05, 0) is 49.9 Å². The van der Waals surface area contributed by atoms with E-state index in [4.69, 9.17) is 10.5 Å². The molecule has 0 aromatic rings. The summed E-state index contributed by atoms with van der Waals surface area (Å²) >= 11 is 0. The van der Waals surface area contributed by atoms with Crippen LogP contribution in [0.3, 0.4) is 0 Å². The molecule has 2 aliphatic carbocycles. The van der Waals surface area contributed by atoms with E-state index in [0.29, 0.717) is 23.9 Å². The van der Waals surface area contributed by atoms with E-state index in [1.165, 1.54) is 12.8 Å². The van der Waals surface area contributed by atoms with Crippen molar-refractivity contribution in [2.24, 2.45) is 28.4 Å². The van der Waals surface area contributed by atoms with Crippen molar-refractivity contribution in [3.8, 4) is 0 Å². The van der Waals surface area contributed by atoms with E-state index in [9.17, 15) is 4.79 Å². The average Bonchev–Trinajstić information content (AvgIpc) is 2.48. The van der Waals surface area contributed by atoms with Gasteiger partial charge in [-0.3, -0.25) is 4.79 Å². The lowest BCUT2D eigenvalue weighted by Crippen LogP contribution is -2.63. The van der Waals surface area contributed by atoms with Crippen LogP contribution in [0.5, 0.6) is 0 Å². The van der Waals surface area contributed by atoms with Crippen molar-refractivity contribution >= 4 is 5.97 Å². The van der Waals surface area contributed by atoms with Crippen LogP contribution in [0.1, 0.15) is 52.9 Å². The third-order valence-electron chi connectivity index (χ3n) is 5.80. The highest BCUT2D eigenvalue weighted by Crippen LogP contribution is 2.63. The second-order valence-electron chi connectivity index (χ2n) is 7.85. The molecule has 2 N–H and O–H groups in total. The van der Waals surface area contributed by atoms with Crippen molar-refractivity contribution < 1.29 is 9.53 Å². The van der Waals surface area contributed by atoms with Crippen LogP contribution in [0.15, 0.2) is 0 Å². The molecule has 3 nitrogen and oxygen atoms in total. The maximum Gasteiger partial charge on any atom is 0.314 e. The number of carbonyl (C=O) groups excluding carboxylic acids is 1. The van der Waals surface area contributed by atoms with Crippen molar-refractivity contribution in [1.29, 1.82) is 0 Å². The molecule has 1 spiro atoms. The monoisotopic (exact) mass is 251 g/mol. The highest BCUT2D eigenvalue weighted by atomic mass is 16.5. The largest absolute Gasteiger partial charge is 0.465 e. The van der Waals surface area contributed by atoms with Gasteiger partial charge in [0.25, 0.3) is 0 Å². The number of hydrogen-bond donors (Lipinski definition) is 1. The van der Waals surface area contributed by atoms with Crippen molar-refractivity contribution in [2.45, 2.75) is 58.4 Å². The zero-order chi connectivity index (χ0) is 13.2. The summed E-state index contributed by atoms with van der Waals surface area (Å²) in [5.41, 5.74) is 6.12. The molecule has 3 unspecified atom stereocenters. The summed E-state index contributed by atoms with van der Waals surface area (Å²) in [4.78, 5) is 12.5. The Morgan fingerprint density at radius 1 is 1.22 bits per heavy atom. The topological polar surface area (TPSA) is 52.3 Å². The molecule has 0 amide bonds. The van der Waals surface area contributed by atoms with Crippen LogP contribution >= 0.6 is 0 Å². The van der Waals surface area contributed by atoms with Gasteiger partial charge in [0.15, 0.2) is 0 Å². The summed E-state index contributed by atoms with van der Waals surface area (Å²) in [6, 6.07) is 0. The standard InChI is InChI=1S/C15H25NO2/c1-13(2)7-10-6-11(9-13)15(8-10)12(17)18-5-4-14(15,3)16/h10-11H,4-9,16H2,1-3H3/t10?,11?,14-,15?/m0/s1. The van der Waals surface area contributed by atoms with Crippen LogP contribution in [0.4, 0.5) is 0 Å². The molecule has 3 rings (SSSR count). The van der Waals surface area contributed by atoms with Crippen LogP contribution in [0, 0.1) is 22.7 Å². The molecule has 1 heterocycles. The summed E-state index contributed by atoms with van der Waals surface area (Å²) in [7, 11) is 0. The molecule has 3 aliphatic rings. The van der Waals surface area contributed by atoms with E-state index in [2.05, 4.69) is 20.8 Å². The van der Waals surface area contributed by atoms with Crippen molar-refractivity contribution in [1.82, 2.24) is 0 Å². The van der Waals surface area contributed by atoms with Crippen molar-refractivity contribution in [3.63, 3.8) is 0 Å². The predicted octanol–water partition coefficient (Wildman–Crippen LogP) is 2.48. The summed E-state index contributed by atoms with van der Waals surface area (Å²) in [6.45, 7) is 7.22. The molecule has 1 aliphatic heterocycles. The molecular formula is C15H25NO2. The quantitative estimate of drug-likeness (QED) is 0.673. The van der Waals surface area contributed by atoms with Gasteiger partial charge in [0.1, 0.15) is 0 Å². The van der Waals surface area contributed by atoms with Gasteiger partial charge >= 0.3 is 5.97 Å². The van der Waals surface area contributed by atoms with E-state index in [-0.39, 0.29) is 11.5 Å². The van der Waals surface area contributed by atoms with Crippen LogP contribution in [-0.2, 0) is 9.53 Å². The third-order valence-corrected chi connectivity index (χ3v) is 5.80. The molecule has 3 fully saturated rings. The zero-order valence-corrected chi connectivity index (χ0v) is 11.8. The van der Waals surface area contributed by atoms with Gasteiger partial charge in [0.2, 0.25) is 0 Å². The summed E-state index contributed by atoms with van der Waals surface area (Å²) in [5, 5.41) is 0. The van der Waals surface area contributed by atoms with Crippen LogP contribution < -0.4 is 5.73 Å². The minimum Gasteiger partial charge on any atom is -0.465 e. The Morgan fingerprint density at radius 2 is 1.94 bits per heavy atom. The summed E-state index contributed by atoms with van der Waals surface area (Å²) in [6.07, 6.45) is 5.28. The molecule has 1 saturated heterocycles. The lowest BCUT2D eigenvalue weighted by molar-refractivity contribution is -0.174. The first-order chi connectivity index (χ1) is 8.27. The first-order valence-electron chi connectivity index (χ1n) is 7.23. The first-order valence-corrected chi connectivity index (χ1v) is 7.23. The molecule has 2 bridgehead atoms. The molecule has 2 saturated carbocycles. The number of esters is 1. The van der Waals surface area contributed by atoms with Gasteiger partial charge in [-0.1, -0.05) is 13.8 Å². The average molecular weight is 251 g/mol. The number of fused-ring (bicyclic) bond motifs is 3. The second kappa shape index (κ2) is 3.50. The highest BCUT2D eigenvalue weighted by molar-refractivity contribution is 5.80. The van der Waals surface area contributed by atoms with E-state index in [1.54, 1.807) is 0 Å². The van der Waals surface area contributed by atoms with Crippen LogP contribution in [-0.4, -0.2) is 18.1 Å². The Kier molecular flexibility index (Phi) is 2.42. The SMILES string of the molecule is CC1(C)CC2CC(C1)C1(C2)C(=O)OCC[C@]1(C)N. The minimum absolute atomic E-state index is 0.0102. The first kappa shape index (κ1) is 12.5. The zero-order valence-electron chi connectivity index (χ0n) is 11.8. The van der Waals surface area contributed by atoms with E-state index >= 15 is 0 Å². The number of carbonyl (C=O) groups is 1. The highest BCUT2D eigenvalue weighted by Gasteiger charge is 2.65. The van der Waals surface area contributed by atoms with Gasteiger partial charge in [0.05, 0.1) is 12.0 Å².